The van der Waals surface area contributed by atoms with Crippen molar-refractivity contribution in [3.8, 4) is 5.75 Å². The quantitative estimate of drug-likeness (QED) is 0.908. The van der Waals surface area contributed by atoms with E-state index in [9.17, 15) is 0 Å². The highest BCUT2D eigenvalue weighted by Gasteiger charge is 2.18. The van der Waals surface area contributed by atoms with Gasteiger partial charge < -0.3 is 10.1 Å². The molecular weight excluding hydrogens is 270 g/mol. The maximum atomic E-state index is 6.16. The van der Waals surface area contributed by atoms with Crippen LogP contribution >= 0.6 is 11.6 Å². The Hall–Kier alpha value is -1.67. The zero-order valence-corrected chi connectivity index (χ0v) is 12.3. The van der Waals surface area contributed by atoms with Crippen LogP contribution in [0.15, 0.2) is 42.5 Å². The molecule has 3 rings (SSSR count). The summed E-state index contributed by atoms with van der Waals surface area (Å²) in [5.74, 6) is 0.714. The first-order valence-corrected chi connectivity index (χ1v) is 7.31. The molecule has 0 amide bonds. The number of hydrogen-bond donors (Lipinski definition) is 1. The lowest BCUT2D eigenvalue weighted by atomic mass is 9.88. The zero-order chi connectivity index (χ0) is 13.9. The number of benzene rings is 2. The number of nitrogens with one attached hydrogen (secondary N) is 1. The molecule has 3 heteroatoms. The zero-order valence-electron chi connectivity index (χ0n) is 11.5. The van der Waals surface area contributed by atoms with Crippen LogP contribution in [0, 0.1) is 0 Å². The summed E-state index contributed by atoms with van der Waals surface area (Å²) in [6.07, 6.45) is 3.36. The number of rotatable bonds is 3. The number of methoxy groups -OCH3 is 1. The molecule has 0 aliphatic heterocycles. The molecule has 0 heterocycles. The van der Waals surface area contributed by atoms with E-state index < -0.39 is 0 Å². The molecular formula is C17H18ClNO. The third kappa shape index (κ3) is 2.75. The third-order valence-electron chi connectivity index (χ3n) is 3.87. The van der Waals surface area contributed by atoms with Crippen molar-refractivity contribution in [3.05, 3.63) is 58.6 Å². The highest BCUT2D eigenvalue weighted by atomic mass is 35.5. The van der Waals surface area contributed by atoms with Gasteiger partial charge >= 0.3 is 0 Å². The second-order valence-corrected chi connectivity index (χ2v) is 5.61. The number of aryl methyl sites for hydroxylation is 1. The molecule has 0 saturated carbocycles. The lowest BCUT2D eigenvalue weighted by Gasteiger charge is -2.26. The van der Waals surface area contributed by atoms with Gasteiger partial charge in [0.1, 0.15) is 5.75 Å². The third-order valence-corrected chi connectivity index (χ3v) is 4.16. The van der Waals surface area contributed by atoms with Crippen molar-refractivity contribution < 1.29 is 4.74 Å². The Morgan fingerprint density at radius 2 is 1.95 bits per heavy atom. The van der Waals surface area contributed by atoms with Crippen LogP contribution in [-0.4, -0.2) is 13.2 Å². The summed E-state index contributed by atoms with van der Waals surface area (Å²) in [4.78, 5) is 0. The van der Waals surface area contributed by atoms with Gasteiger partial charge in [0.15, 0.2) is 0 Å². The van der Waals surface area contributed by atoms with Crippen LogP contribution in [0.25, 0.3) is 0 Å². The topological polar surface area (TPSA) is 21.3 Å². The Morgan fingerprint density at radius 3 is 2.70 bits per heavy atom. The van der Waals surface area contributed by atoms with Crippen LogP contribution in [-0.2, 0) is 12.8 Å². The molecule has 0 spiro atoms. The highest BCUT2D eigenvalue weighted by molar-refractivity contribution is 6.32. The van der Waals surface area contributed by atoms with Gasteiger partial charge in [-0.25, -0.2) is 0 Å². The van der Waals surface area contributed by atoms with E-state index in [1.165, 1.54) is 11.1 Å². The van der Waals surface area contributed by atoms with Crippen LogP contribution in [0.2, 0.25) is 5.02 Å². The number of anilines is 1. The van der Waals surface area contributed by atoms with E-state index in [0.717, 1.165) is 24.9 Å². The summed E-state index contributed by atoms with van der Waals surface area (Å²) in [5, 5.41) is 4.22. The molecule has 2 nitrogen and oxygen atoms in total. The van der Waals surface area contributed by atoms with Gasteiger partial charge in [0, 0.05) is 11.7 Å². The number of hydrogen-bond acceptors (Lipinski definition) is 2. The van der Waals surface area contributed by atoms with Crippen molar-refractivity contribution in [1.82, 2.24) is 0 Å². The summed E-state index contributed by atoms with van der Waals surface area (Å²) in [7, 11) is 1.63. The maximum absolute atomic E-state index is 6.16. The predicted octanol–water partition coefficient (Wildman–Crippen LogP) is 4.32. The van der Waals surface area contributed by atoms with Crippen molar-refractivity contribution in [2.75, 3.05) is 12.4 Å². The summed E-state index contributed by atoms with van der Waals surface area (Å²) >= 11 is 6.16. The van der Waals surface area contributed by atoms with E-state index in [4.69, 9.17) is 16.3 Å². The van der Waals surface area contributed by atoms with Crippen molar-refractivity contribution in [2.24, 2.45) is 0 Å². The molecule has 0 aromatic heterocycles. The molecule has 0 bridgehead atoms. The van der Waals surface area contributed by atoms with Gasteiger partial charge in [0.05, 0.1) is 12.1 Å². The normalized spacial score (nSPS) is 17.4. The average Bonchev–Trinajstić information content (AvgIpc) is 2.47. The Morgan fingerprint density at radius 1 is 1.15 bits per heavy atom. The maximum Gasteiger partial charge on any atom is 0.137 e. The van der Waals surface area contributed by atoms with Crippen molar-refractivity contribution in [1.29, 1.82) is 0 Å². The van der Waals surface area contributed by atoms with E-state index in [2.05, 4.69) is 29.6 Å². The van der Waals surface area contributed by atoms with E-state index in [-0.39, 0.29) is 0 Å². The minimum Gasteiger partial charge on any atom is -0.495 e. The van der Waals surface area contributed by atoms with Crippen LogP contribution in [0.3, 0.4) is 0 Å². The van der Waals surface area contributed by atoms with Crippen LogP contribution in [0.1, 0.15) is 17.5 Å². The molecule has 1 aliphatic rings. The Bertz CT molecular complexity index is 612. The second kappa shape index (κ2) is 5.76. The molecule has 1 unspecified atom stereocenters. The Labute approximate surface area is 124 Å². The number of ether oxygens (including phenoxy) is 1. The van der Waals surface area contributed by atoms with E-state index in [1.807, 2.05) is 18.2 Å². The average molecular weight is 288 g/mol. The molecule has 1 atom stereocenters. The fraction of sp³-hybridized carbons (Fsp3) is 0.294. The fourth-order valence-corrected chi connectivity index (χ4v) is 3.07. The molecule has 0 saturated heterocycles. The first kappa shape index (κ1) is 13.3. The molecule has 2 aromatic carbocycles. The molecule has 20 heavy (non-hydrogen) atoms. The first-order chi connectivity index (χ1) is 9.76. The van der Waals surface area contributed by atoms with Gasteiger partial charge in [-0.3, -0.25) is 0 Å². The monoisotopic (exact) mass is 287 g/mol. The van der Waals surface area contributed by atoms with Gasteiger partial charge in [-0.2, -0.15) is 0 Å². The Balaban J connectivity index is 1.72. The largest absolute Gasteiger partial charge is 0.495 e. The van der Waals surface area contributed by atoms with E-state index >= 15 is 0 Å². The number of halogens is 1. The fourth-order valence-electron chi connectivity index (χ4n) is 2.81. The second-order valence-electron chi connectivity index (χ2n) is 5.20. The highest BCUT2D eigenvalue weighted by Crippen LogP contribution is 2.29. The molecule has 1 N–H and O–H groups in total. The molecule has 0 radical (unpaired) electrons. The van der Waals surface area contributed by atoms with Crippen LogP contribution < -0.4 is 10.1 Å². The molecule has 104 valence electrons. The number of fused-ring (bicyclic) bond motifs is 1. The smallest absolute Gasteiger partial charge is 0.137 e. The van der Waals surface area contributed by atoms with Gasteiger partial charge in [-0.05, 0) is 48.6 Å². The van der Waals surface area contributed by atoms with Gasteiger partial charge in [-0.15, -0.1) is 0 Å². The summed E-state index contributed by atoms with van der Waals surface area (Å²) in [6, 6.07) is 15.0. The summed E-state index contributed by atoms with van der Waals surface area (Å²) in [5.41, 5.74) is 3.99. The van der Waals surface area contributed by atoms with Gasteiger partial charge in [-0.1, -0.05) is 35.9 Å². The minimum absolute atomic E-state index is 0.467. The molecule has 2 aromatic rings. The van der Waals surface area contributed by atoms with Crippen molar-refractivity contribution >= 4 is 17.3 Å². The first-order valence-electron chi connectivity index (χ1n) is 6.93. The van der Waals surface area contributed by atoms with Crippen LogP contribution in [0.5, 0.6) is 5.75 Å². The van der Waals surface area contributed by atoms with Gasteiger partial charge in [0.2, 0.25) is 0 Å². The van der Waals surface area contributed by atoms with Crippen molar-refractivity contribution in [2.45, 2.75) is 25.3 Å². The summed E-state index contributed by atoms with van der Waals surface area (Å²) < 4.78 is 5.18. The predicted molar refractivity (Wildman–Crippen MR) is 83.9 cm³/mol. The lowest BCUT2D eigenvalue weighted by Crippen LogP contribution is -2.27. The standard InChI is InChI=1S/C17H18ClNO/c1-20-17-9-8-15(11-16(17)18)19-14-7-6-12-4-2-3-5-13(12)10-14/h2-5,8-9,11,14,19H,6-7,10H2,1H3. The van der Waals surface area contributed by atoms with Gasteiger partial charge in [0.25, 0.3) is 0 Å². The molecule has 0 fully saturated rings. The van der Waals surface area contributed by atoms with E-state index in [0.29, 0.717) is 16.8 Å². The lowest BCUT2D eigenvalue weighted by molar-refractivity contribution is 0.415. The van der Waals surface area contributed by atoms with Crippen LogP contribution in [0.4, 0.5) is 5.69 Å². The minimum atomic E-state index is 0.467. The Kier molecular flexibility index (Phi) is 3.83. The molecule has 1 aliphatic carbocycles. The van der Waals surface area contributed by atoms with Crippen molar-refractivity contribution in [3.63, 3.8) is 0 Å². The summed E-state index contributed by atoms with van der Waals surface area (Å²) in [6.45, 7) is 0. The van der Waals surface area contributed by atoms with E-state index in [1.54, 1.807) is 7.11 Å². The SMILES string of the molecule is COc1ccc(NC2CCc3ccccc3C2)cc1Cl.